The molecule has 2 atom stereocenters. The molecule has 88 valence electrons. The third-order valence-electron chi connectivity index (χ3n) is 3.70. The minimum atomic E-state index is -0.121. The molecule has 2 unspecified atom stereocenters. The van der Waals surface area contributed by atoms with Crippen molar-refractivity contribution in [2.45, 2.75) is 38.1 Å². The molecule has 2 N–H and O–H groups in total. The maximum Gasteiger partial charge on any atom is 0.118 e. The molecule has 0 amide bonds. The highest BCUT2D eigenvalue weighted by atomic mass is 16.5. The molecule has 0 aliphatic heterocycles. The van der Waals surface area contributed by atoms with Crippen LogP contribution in [0.5, 0.6) is 5.75 Å². The Hall–Kier alpha value is -1.02. The molecule has 0 bridgehead atoms. The zero-order valence-electron chi connectivity index (χ0n) is 10.2. The molecule has 2 nitrogen and oxygen atoms in total. The summed E-state index contributed by atoms with van der Waals surface area (Å²) < 4.78 is 5.17. The van der Waals surface area contributed by atoms with Crippen molar-refractivity contribution in [3.63, 3.8) is 0 Å². The van der Waals surface area contributed by atoms with Gasteiger partial charge in [-0.2, -0.15) is 0 Å². The van der Waals surface area contributed by atoms with E-state index < -0.39 is 0 Å². The van der Waals surface area contributed by atoms with Crippen molar-refractivity contribution in [3.8, 4) is 5.75 Å². The lowest BCUT2D eigenvalue weighted by Crippen LogP contribution is -2.40. The van der Waals surface area contributed by atoms with E-state index in [1.54, 1.807) is 7.11 Å². The van der Waals surface area contributed by atoms with Crippen LogP contribution in [-0.2, 0) is 5.54 Å². The van der Waals surface area contributed by atoms with Gasteiger partial charge in [-0.25, -0.2) is 0 Å². The van der Waals surface area contributed by atoms with Gasteiger partial charge in [-0.3, -0.25) is 0 Å². The van der Waals surface area contributed by atoms with Gasteiger partial charge in [0.15, 0.2) is 0 Å². The molecular weight excluding hydrogens is 198 g/mol. The fraction of sp³-hybridized carbons (Fsp3) is 0.571. The van der Waals surface area contributed by atoms with Gasteiger partial charge in [0.1, 0.15) is 5.75 Å². The first kappa shape index (κ1) is 11.5. The number of hydrogen-bond donors (Lipinski definition) is 1. The number of hydrogen-bond acceptors (Lipinski definition) is 2. The van der Waals surface area contributed by atoms with E-state index >= 15 is 0 Å². The zero-order valence-corrected chi connectivity index (χ0v) is 10.2. The number of rotatable bonds is 2. The summed E-state index contributed by atoms with van der Waals surface area (Å²) in [5.41, 5.74) is 7.65. The minimum Gasteiger partial charge on any atom is -0.497 e. The maximum absolute atomic E-state index is 6.52. The van der Waals surface area contributed by atoms with Gasteiger partial charge in [-0.05, 0) is 36.5 Å². The van der Waals surface area contributed by atoms with Gasteiger partial charge >= 0.3 is 0 Å². The van der Waals surface area contributed by atoms with E-state index in [0.717, 1.165) is 24.5 Å². The molecular formula is C14H21NO. The minimum absolute atomic E-state index is 0.121. The molecule has 0 heterocycles. The summed E-state index contributed by atoms with van der Waals surface area (Å²) in [7, 11) is 1.69. The van der Waals surface area contributed by atoms with E-state index in [9.17, 15) is 0 Å². The molecule has 0 spiro atoms. The predicted octanol–water partition coefficient (Wildman–Crippen LogP) is 3.06. The van der Waals surface area contributed by atoms with Crippen LogP contribution in [0.4, 0.5) is 0 Å². The Kier molecular flexibility index (Phi) is 3.20. The van der Waals surface area contributed by atoms with Gasteiger partial charge in [-0.15, -0.1) is 0 Å². The average molecular weight is 219 g/mol. The van der Waals surface area contributed by atoms with E-state index in [2.05, 4.69) is 19.1 Å². The summed E-state index contributed by atoms with van der Waals surface area (Å²) in [5.74, 6) is 1.64. The third kappa shape index (κ3) is 2.22. The first-order valence-electron chi connectivity index (χ1n) is 6.07. The van der Waals surface area contributed by atoms with Crippen molar-refractivity contribution in [1.82, 2.24) is 0 Å². The first-order chi connectivity index (χ1) is 7.64. The van der Waals surface area contributed by atoms with Gasteiger partial charge in [0.25, 0.3) is 0 Å². The van der Waals surface area contributed by atoms with Gasteiger partial charge in [-0.1, -0.05) is 31.9 Å². The molecule has 0 radical (unpaired) electrons. The smallest absolute Gasteiger partial charge is 0.118 e. The molecule has 1 aromatic rings. The predicted molar refractivity (Wildman–Crippen MR) is 66.5 cm³/mol. The Labute approximate surface area is 97.8 Å². The quantitative estimate of drug-likeness (QED) is 0.829. The fourth-order valence-corrected chi connectivity index (χ4v) is 2.78. The third-order valence-corrected chi connectivity index (χ3v) is 3.70. The van der Waals surface area contributed by atoms with Crippen LogP contribution in [0.25, 0.3) is 0 Å². The largest absolute Gasteiger partial charge is 0.497 e. The molecule has 1 saturated carbocycles. The van der Waals surface area contributed by atoms with Gasteiger partial charge in [0, 0.05) is 5.54 Å². The van der Waals surface area contributed by atoms with Crippen LogP contribution < -0.4 is 10.5 Å². The van der Waals surface area contributed by atoms with Crippen LogP contribution in [0.2, 0.25) is 0 Å². The monoisotopic (exact) mass is 219 g/mol. The van der Waals surface area contributed by atoms with Crippen LogP contribution in [0.3, 0.4) is 0 Å². The molecule has 1 fully saturated rings. The van der Waals surface area contributed by atoms with Crippen molar-refractivity contribution >= 4 is 0 Å². The average Bonchev–Trinajstić information content (AvgIpc) is 2.29. The SMILES string of the molecule is COc1ccc(C2(N)CCCC(C)C2)cc1. The van der Waals surface area contributed by atoms with Gasteiger partial charge in [0.05, 0.1) is 7.11 Å². The van der Waals surface area contributed by atoms with Crippen molar-refractivity contribution in [1.29, 1.82) is 0 Å². The lowest BCUT2D eigenvalue weighted by Gasteiger charge is -2.37. The summed E-state index contributed by atoms with van der Waals surface area (Å²) in [5, 5.41) is 0. The van der Waals surface area contributed by atoms with Crippen LogP contribution in [0.15, 0.2) is 24.3 Å². The Balaban J connectivity index is 2.20. The summed E-state index contributed by atoms with van der Waals surface area (Å²) in [6, 6.07) is 8.22. The second-order valence-electron chi connectivity index (χ2n) is 5.09. The van der Waals surface area contributed by atoms with Gasteiger partial charge < -0.3 is 10.5 Å². The summed E-state index contributed by atoms with van der Waals surface area (Å²) >= 11 is 0. The van der Waals surface area contributed by atoms with Crippen LogP contribution in [0.1, 0.15) is 38.2 Å². The molecule has 1 aliphatic carbocycles. The number of benzene rings is 1. The van der Waals surface area contributed by atoms with Crippen molar-refractivity contribution in [3.05, 3.63) is 29.8 Å². The van der Waals surface area contributed by atoms with Crippen LogP contribution in [-0.4, -0.2) is 7.11 Å². The van der Waals surface area contributed by atoms with Crippen molar-refractivity contribution in [2.24, 2.45) is 11.7 Å². The Morgan fingerprint density at radius 3 is 2.56 bits per heavy atom. The Morgan fingerprint density at radius 1 is 1.31 bits per heavy atom. The molecule has 2 rings (SSSR count). The topological polar surface area (TPSA) is 35.2 Å². The molecule has 1 aliphatic rings. The summed E-state index contributed by atoms with van der Waals surface area (Å²) in [6.45, 7) is 2.30. The molecule has 2 heteroatoms. The number of methoxy groups -OCH3 is 1. The molecule has 1 aromatic carbocycles. The lowest BCUT2D eigenvalue weighted by atomic mass is 9.73. The van der Waals surface area contributed by atoms with Crippen LogP contribution in [0, 0.1) is 5.92 Å². The normalized spacial score (nSPS) is 30.1. The maximum atomic E-state index is 6.52. The molecule has 0 saturated heterocycles. The second-order valence-corrected chi connectivity index (χ2v) is 5.09. The van der Waals surface area contributed by atoms with E-state index in [1.165, 1.54) is 18.4 Å². The summed E-state index contributed by atoms with van der Waals surface area (Å²) in [6.07, 6.45) is 4.75. The highest BCUT2D eigenvalue weighted by molar-refractivity contribution is 5.32. The molecule has 16 heavy (non-hydrogen) atoms. The van der Waals surface area contributed by atoms with Crippen molar-refractivity contribution in [2.75, 3.05) is 7.11 Å². The highest BCUT2D eigenvalue weighted by Crippen LogP contribution is 2.38. The van der Waals surface area contributed by atoms with Crippen LogP contribution >= 0.6 is 0 Å². The van der Waals surface area contributed by atoms with E-state index in [0.29, 0.717) is 0 Å². The first-order valence-corrected chi connectivity index (χ1v) is 6.07. The van der Waals surface area contributed by atoms with E-state index in [1.807, 2.05) is 12.1 Å². The Morgan fingerprint density at radius 2 is 2.00 bits per heavy atom. The summed E-state index contributed by atoms with van der Waals surface area (Å²) in [4.78, 5) is 0. The lowest BCUT2D eigenvalue weighted by molar-refractivity contribution is 0.239. The fourth-order valence-electron chi connectivity index (χ4n) is 2.78. The second kappa shape index (κ2) is 4.46. The standard InChI is InChI=1S/C14H21NO/c1-11-4-3-9-14(15,10-11)12-5-7-13(16-2)8-6-12/h5-8,11H,3-4,9-10,15H2,1-2H3. The van der Waals surface area contributed by atoms with Gasteiger partial charge in [0.2, 0.25) is 0 Å². The van der Waals surface area contributed by atoms with E-state index in [-0.39, 0.29) is 5.54 Å². The Bertz CT molecular complexity index is 346. The highest BCUT2D eigenvalue weighted by Gasteiger charge is 2.32. The zero-order chi connectivity index (χ0) is 11.6. The number of nitrogens with two attached hydrogens (primary N) is 1. The molecule has 0 aromatic heterocycles. The number of ether oxygens (including phenoxy) is 1. The van der Waals surface area contributed by atoms with E-state index in [4.69, 9.17) is 10.5 Å². The van der Waals surface area contributed by atoms with Crippen molar-refractivity contribution < 1.29 is 4.74 Å².